The average molecular weight is 1350 g/mol. The Kier molecular flexibility index (Phi) is 61.3. The highest BCUT2D eigenvalue weighted by Crippen LogP contribution is 2.45. The quantitative estimate of drug-likeness (QED) is 0.0222. The third kappa shape index (κ3) is 66.7. The van der Waals surface area contributed by atoms with E-state index >= 15 is 0 Å². The van der Waals surface area contributed by atoms with E-state index < -0.39 is 97.5 Å². The first-order chi connectivity index (χ1) is 44.1. The van der Waals surface area contributed by atoms with Gasteiger partial charge in [0.05, 0.1) is 26.4 Å². The average Bonchev–Trinajstić information content (AvgIpc) is 2.41. The van der Waals surface area contributed by atoms with Crippen LogP contribution in [0.4, 0.5) is 0 Å². The Bertz CT molecular complexity index is 1820. The van der Waals surface area contributed by atoms with Crippen LogP contribution in [-0.4, -0.2) is 96.7 Å². The van der Waals surface area contributed by atoms with Crippen LogP contribution in [0.5, 0.6) is 0 Å². The molecule has 0 saturated heterocycles. The highest BCUT2D eigenvalue weighted by atomic mass is 31.2. The Morgan fingerprint density at radius 2 is 0.457 bits per heavy atom. The molecule has 0 aliphatic carbocycles. The molecule has 0 aromatic carbocycles. The predicted octanol–water partition coefficient (Wildman–Crippen LogP) is 20.9. The lowest BCUT2D eigenvalue weighted by atomic mass is 10.0. The van der Waals surface area contributed by atoms with Crippen LogP contribution < -0.4 is 0 Å². The summed E-state index contributed by atoms with van der Waals surface area (Å²) >= 11 is 0. The summed E-state index contributed by atoms with van der Waals surface area (Å²) in [5.41, 5.74) is 0. The van der Waals surface area contributed by atoms with Crippen molar-refractivity contribution in [1.82, 2.24) is 0 Å². The Labute approximate surface area is 562 Å². The first-order valence-electron chi connectivity index (χ1n) is 37.7. The van der Waals surface area contributed by atoms with Gasteiger partial charge in [0.25, 0.3) is 0 Å². The highest BCUT2D eigenvalue weighted by molar-refractivity contribution is 7.47. The summed E-state index contributed by atoms with van der Waals surface area (Å²) in [6.45, 7) is 14.1. The van der Waals surface area contributed by atoms with Gasteiger partial charge in [-0.3, -0.25) is 37.3 Å². The molecule has 0 aromatic heterocycles. The lowest BCUT2D eigenvalue weighted by Gasteiger charge is -2.21. The van der Waals surface area contributed by atoms with Gasteiger partial charge in [-0.15, -0.1) is 0 Å². The number of unbranched alkanes of at least 4 members (excludes halogenated alkanes) is 36. The molecule has 17 nitrogen and oxygen atoms in total. The van der Waals surface area contributed by atoms with Gasteiger partial charge in [-0.05, 0) is 49.4 Å². The van der Waals surface area contributed by atoms with Crippen molar-refractivity contribution in [2.24, 2.45) is 23.7 Å². The highest BCUT2D eigenvalue weighted by Gasteiger charge is 2.30. The van der Waals surface area contributed by atoms with Crippen molar-refractivity contribution in [3.63, 3.8) is 0 Å². The second-order valence-electron chi connectivity index (χ2n) is 28.2. The molecule has 546 valence electrons. The fourth-order valence-electron chi connectivity index (χ4n) is 11.0. The van der Waals surface area contributed by atoms with Crippen molar-refractivity contribution in [1.29, 1.82) is 0 Å². The normalized spacial score (nSPS) is 14.2. The summed E-state index contributed by atoms with van der Waals surface area (Å²) in [6, 6.07) is 0. The second-order valence-corrected chi connectivity index (χ2v) is 31.1. The van der Waals surface area contributed by atoms with E-state index in [1.165, 1.54) is 161 Å². The summed E-state index contributed by atoms with van der Waals surface area (Å²) in [6.07, 6.45) is 45.9. The van der Waals surface area contributed by atoms with Crippen molar-refractivity contribution in [2.75, 3.05) is 39.6 Å². The number of aliphatic hydroxyl groups is 1. The Balaban J connectivity index is 5.25. The fourth-order valence-corrected chi connectivity index (χ4v) is 12.6. The number of phosphoric ester groups is 2. The summed E-state index contributed by atoms with van der Waals surface area (Å²) in [5, 5.41) is 10.6. The fraction of sp³-hybridized carbons (Fsp3) is 0.945. The lowest BCUT2D eigenvalue weighted by Crippen LogP contribution is -2.30. The molecule has 0 spiro atoms. The number of rotatable bonds is 70. The number of hydrogen-bond acceptors (Lipinski definition) is 15. The number of carbonyl (C=O) groups excluding carboxylic acids is 4. The minimum atomic E-state index is -4.96. The Hall–Kier alpha value is -1.94. The van der Waals surface area contributed by atoms with Crippen LogP contribution >= 0.6 is 15.6 Å². The van der Waals surface area contributed by atoms with E-state index in [1.54, 1.807) is 0 Å². The van der Waals surface area contributed by atoms with Gasteiger partial charge in [0.15, 0.2) is 12.2 Å². The molecule has 0 aliphatic rings. The van der Waals surface area contributed by atoms with Crippen LogP contribution in [0.1, 0.15) is 364 Å². The maximum atomic E-state index is 13.1. The molecule has 92 heavy (non-hydrogen) atoms. The lowest BCUT2D eigenvalue weighted by molar-refractivity contribution is -0.161. The molecular formula is C73H142O17P2. The van der Waals surface area contributed by atoms with Crippen molar-refractivity contribution < 1.29 is 80.2 Å². The van der Waals surface area contributed by atoms with Crippen molar-refractivity contribution in [3.8, 4) is 0 Å². The summed E-state index contributed by atoms with van der Waals surface area (Å²) < 4.78 is 68.4. The number of esters is 4. The van der Waals surface area contributed by atoms with Crippen molar-refractivity contribution in [2.45, 2.75) is 382 Å². The first-order valence-corrected chi connectivity index (χ1v) is 40.7. The molecule has 0 aromatic rings. The van der Waals surface area contributed by atoms with Crippen LogP contribution in [0.25, 0.3) is 0 Å². The summed E-state index contributed by atoms with van der Waals surface area (Å²) in [4.78, 5) is 72.7. The third-order valence-corrected chi connectivity index (χ3v) is 18.7. The number of hydrogen-bond donors (Lipinski definition) is 3. The van der Waals surface area contributed by atoms with Crippen LogP contribution in [0.15, 0.2) is 0 Å². The number of phosphoric acid groups is 2. The standard InChI is InChI=1S/C73H142O17P2/c1-63(2)49-41-33-25-19-13-9-10-16-22-28-37-45-53-70(75)83-59-68(89-72(77)55-47-39-29-23-17-11-14-20-26-34-42-50-64(3)4)61-87-91(79,80)85-57-67(74)58-86-92(81,82)88-62-69(60-84-71(76)54-46-38-32-31-36-44-52-66(7)8)90-73(78)56-48-40-30-24-18-12-15-21-27-35-43-51-65(5)6/h63-69,74H,9-62H2,1-8H3,(H,79,80)(H,81,82)/t67-,68-,69-/m1/s1. The van der Waals surface area contributed by atoms with E-state index in [0.29, 0.717) is 31.6 Å². The van der Waals surface area contributed by atoms with E-state index in [2.05, 4.69) is 55.4 Å². The molecule has 5 atom stereocenters. The van der Waals surface area contributed by atoms with Gasteiger partial charge in [0.1, 0.15) is 19.3 Å². The minimum Gasteiger partial charge on any atom is -0.462 e. The zero-order valence-electron chi connectivity index (χ0n) is 60.2. The molecule has 0 aliphatic heterocycles. The molecule has 0 heterocycles. The second kappa shape index (κ2) is 62.6. The molecule has 0 bridgehead atoms. The van der Waals surface area contributed by atoms with E-state index in [-0.39, 0.29) is 25.7 Å². The van der Waals surface area contributed by atoms with Gasteiger partial charge in [0.2, 0.25) is 0 Å². The van der Waals surface area contributed by atoms with E-state index in [0.717, 1.165) is 114 Å². The maximum Gasteiger partial charge on any atom is 0.472 e. The van der Waals surface area contributed by atoms with Gasteiger partial charge in [0, 0.05) is 25.7 Å². The zero-order valence-corrected chi connectivity index (χ0v) is 62.0. The number of aliphatic hydroxyl groups excluding tert-OH is 1. The SMILES string of the molecule is CC(C)CCCCCCCCCCCCCCC(=O)OC[C@H](COP(=O)(O)OC[C@@H](O)COP(=O)(O)OC[C@@H](COC(=O)CCCCCCCCC(C)C)OC(=O)CCCCCCCCCCCCCC(C)C)OC(=O)CCCCCCCCCCCCCC(C)C. The number of ether oxygens (including phenoxy) is 4. The van der Waals surface area contributed by atoms with Gasteiger partial charge in [-0.2, -0.15) is 0 Å². The Morgan fingerprint density at radius 1 is 0.272 bits per heavy atom. The van der Waals surface area contributed by atoms with Crippen molar-refractivity contribution in [3.05, 3.63) is 0 Å². The van der Waals surface area contributed by atoms with Gasteiger partial charge in [-0.25, -0.2) is 9.13 Å². The molecule has 0 amide bonds. The number of carbonyl (C=O) groups is 4. The van der Waals surface area contributed by atoms with Crippen LogP contribution in [0.3, 0.4) is 0 Å². The van der Waals surface area contributed by atoms with Crippen LogP contribution in [-0.2, 0) is 65.4 Å². The van der Waals surface area contributed by atoms with Gasteiger partial charge in [-0.1, -0.05) is 312 Å². The van der Waals surface area contributed by atoms with Crippen LogP contribution in [0.2, 0.25) is 0 Å². The van der Waals surface area contributed by atoms with Crippen molar-refractivity contribution >= 4 is 39.5 Å². The molecule has 2 unspecified atom stereocenters. The zero-order chi connectivity index (χ0) is 68.2. The van der Waals surface area contributed by atoms with E-state index in [9.17, 15) is 43.2 Å². The maximum absolute atomic E-state index is 13.1. The summed E-state index contributed by atoms with van der Waals surface area (Å²) in [5.74, 6) is 0.866. The van der Waals surface area contributed by atoms with Gasteiger partial charge >= 0.3 is 39.5 Å². The predicted molar refractivity (Wildman–Crippen MR) is 372 cm³/mol. The molecule has 19 heteroatoms. The minimum absolute atomic E-state index is 0.105. The largest absolute Gasteiger partial charge is 0.472 e. The van der Waals surface area contributed by atoms with E-state index in [4.69, 9.17) is 37.0 Å². The van der Waals surface area contributed by atoms with E-state index in [1.807, 2.05) is 0 Å². The first kappa shape index (κ1) is 90.1. The molecule has 0 saturated carbocycles. The molecular weight excluding hydrogens is 1210 g/mol. The van der Waals surface area contributed by atoms with Crippen LogP contribution in [0, 0.1) is 23.7 Å². The molecule has 3 N–H and O–H groups in total. The topological polar surface area (TPSA) is 237 Å². The summed E-state index contributed by atoms with van der Waals surface area (Å²) in [7, 11) is -9.91. The molecule has 0 rings (SSSR count). The molecule has 0 radical (unpaired) electrons. The smallest absolute Gasteiger partial charge is 0.462 e. The molecule has 0 fully saturated rings. The Morgan fingerprint density at radius 3 is 0.674 bits per heavy atom. The van der Waals surface area contributed by atoms with Gasteiger partial charge < -0.3 is 33.8 Å². The monoisotopic (exact) mass is 1350 g/mol. The third-order valence-electron chi connectivity index (χ3n) is 16.8.